The van der Waals surface area contributed by atoms with Gasteiger partial charge in [-0.2, -0.15) is 5.10 Å². The van der Waals surface area contributed by atoms with Crippen molar-refractivity contribution in [3.05, 3.63) is 33.4 Å². The van der Waals surface area contributed by atoms with Crippen LogP contribution in [-0.2, 0) is 6.42 Å². The molecule has 0 aliphatic heterocycles. The number of carbonyl (C=O) groups is 1. The number of aryl methyl sites for hydroxylation is 2. The molecular weight excluding hydrogens is 208 g/mol. The molecule has 2 rings (SSSR count). The summed E-state index contributed by atoms with van der Waals surface area (Å²) in [6.07, 6.45) is 0.598. The van der Waals surface area contributed by atoms with E-state index >= 15 is 0 Å². The van der Waals surface area contributed by atoms with E-state index < -0.39 is 5.91 Å². The molecule has 0 aliphatic carbocycles. The molecular formula is C10H12N4O2. The summed E-state index contributed by atoms with van der Waals surface area (Å²) in [6, 6.07) is 1.39. The summed E-state index contributed by atoms with van der Waals surface area (Å²) < 4.78 is 1.38. The van der Waals surface area contributed by atoms with Gasteiger partial charge in [-0.3, -0.25) is 14.7 Å². The minimum absolute atomic E-state index is 0.205. The quantitative estimate of drug-likeness (QED) is 0.745. The summed E-state index contributed by atoms with van der Waals surface area (Å²) in [5, 5.41) is 6.67. The van der Waals surface area contributed by atoms with Crippen LogP contribution >= 0.6 is 0 Å². The summed E-state index contributed by atoms with van der Waals surface area (Å²) in [5.41, 5.74) is 6.31. The number of amides is 1. The minimum Gasteiger partial charge on any atom is -0.365 e. The lowest BCUT2D eigenvalue weighted by Gasteiger charge is -2.03. The van der Waals surface area contributed by atoms with Crippen LogP contribution < -0.4 is 11.3 Å². The first kappa shape index (κ1) is 10.4. The van der Waals surface area contributed by atoms with Crippen LogP contribution in [0, 0.1) is 6.92 Å². The number of rotatable bonds is 2. The van der Waals surface area contributed by atoms with Crippen LogP contribution in [0.5, 0.6) is 0 Å². The highest BCUT2D eigenvalue weighted by atomic mass is 16.1. The van der Waals surface area contributed by atoms with Crippen molar-refractivity contribution in [3.63, 3.8) is 0 Å². The van der Waals surface area contributed by atoms with Crippen molar-refractivity contribution in [2.24, 2.45) is 5.73 Å². The Morgan fingerprint density at radius 1 is 1.62 bits per heavy atom. The average Bonchev–Trinajstić information content (AvgIpc) is 2.60. The van der Waals surface area contributed by atoms with Gasteiger partial charge in [0.25, 0.3) is 11.5 Å². The van der Waals surface area contributed by atoms with E-state index in [1.807, 2.05) is 6.92 Å². The van der Waals surface area contributed by atoms with Crippen molar-refractivity contribution in [3.8, 4) is 0 Å². The predicted octanol–water partition coefficient (Wildman–Crippen LogP) is -0.00768. The number of pyridine rings is 1. The molecule has 0 radical (unpaired) electrons. The third-order valence-electron chi connectivity index (χ3n) is 2.53. The second kappa shape index (κ2) is 3.48. The van der Waals surface area contributed by atoms with E-state index in [0.29, 0.717) is 29.0 Å². The molecule has 0 fully saturated rings. The zero-order valence-corrected chi connectivity index (χ0v) is 9.07. The molecule has 6 nitrogen and oxygen atoms in total. The molecule has 0 aromatic carbocycles. The molecule has 0 unspecified atom stereocenters. The Morgan fingerprint density at radius 2 is 2.31 bits per heavy atom. The van der Waals surface area contributed by atoms with E-state index in [4.69, 9.17) is 5.73 Å². The highest BCUT2D eigenvalue weighted by molar-refractivity contribution is 6.00. The molecule has 2 aromatic heterocycles. The summed E-state index contributed by atoms with van der Waals surface area (Å²) in [7, 11) is 0. The molecule has 0 saturated carbocycles. The third-order valence-corrected chi connectivity index (χ3v) is 2.53. The van der Waals surface area contributed by atoms with Gasteiger partial charge in [-0.05, 0) is 12.5 Å². The summed E-state index contributed by atoms with van der Waals surface area (Å²) in [4.78, 5) is 23.1. The van der Waals surface area contributed by atoms with Crippen LogP contribution in [0.25, 0.3) is 5.65 Å². The van der Waals surface area contributed by atoms with Gasteiger partial charge in [0.05, 0.1) is 5.56 Å². The Hall–Kier alpha value is -2.11. The maximum Gasteiger partial charge on any atom is 0.258 e. The number of fused-ring (bicyclic) bond motifs is 1. The van der Waals surface area contributed by atoms with E-state index in [-0.39, 0.29) is 5.56 Å². The normalized spacial score (nSPS) is 10.9. The summed E-state index contributed by atoms with van der Waals surface area (Å²) in [5.74, 6) is 0.0174. The number of nitrogens with one attached hydrogen (secondary N) is 1. The van der Waals surface area contributed by atoms with Crippen molar-refractivity contribution in [2.75, 3.05) is 0 Å². The fourth-order valence-corrected chi connectivity index (χ4v) is 1.81. The number of carbonyl (C=O) groups excluding carboxylic acids is 1. The van der Waals surface area contributed by atoms with Crippen LogP contribution in [0.3, 0.4) is 0 Å². The molecule has 1 amide bonds. The smallest absolute Gasteiger partial charge is 0.258 e. The zero-order valence-electron chi connectivity index (χ0n) is 9.07. The number of aromatic nitrogens is 3. The highest BCUT2D eigenvalue weighted by Gasteiger charge is 2.16. The third kappa shape index (κ3) is 1.30. The molecule has 2 aromatic rings. The first-order chi connectivity index (χ1) is 7.56. The lowest BCUT2D eigenvalue weighted by atomic mass is 10.1. The lowest BCUT2D eigenvalue weighted by molar-refractivity contribution is 0.100. The van der Waals surface area contributed by atoms with Crippen molar-refractivity contribution in [2.45, 2.75) is 20.3 Å². The van der Waals surface area contributed by atoms with E-state index in [2.05, 4.69) is 10.2 Å². The second-order valence-electron chi connectivity index (χ2n) is 3.58. The minimum atomic E-state index is -0.568. The SMILES string of the molecule is CCc1n[nH]c2c(C(N)=O)c(C)cc(=O)n12. The van der Waals surface area contributed by atoms with Gasteiger partial charge in [0.1, 0.15) is 11.5 Å². The van der Waals surface area contributed by atoms with E-state index in [9.17, 15) is 9.59 Å². The largest absolute Gasteiger partial charge is 0.365 e. The first-order valence-electron chi connectivity index (χ1n) is 4.95. The number of H-pyrrole nitrogens is 1. The zero-order chi connectivity index (χ0) is 11.9. The van der Waals surface area contributed by atoms with Crippen LogP contribution in [0.1, 0.15) is 28.7 Å². The van der Waals surface area contributed by atoms with Crippen molar-refractivity contribution in [1.82, 2.24) is 14.6 Å². The number of hydrogen-bond acceptors (Lipinski definition) is 3. The topological polar surface area (TPSA) is 93.2 Å². The van der Waals surface area contributed by atoms with Crippen molar-refractivity contribution >= 4 is 11.6 Å². The monoisotopic (exact) mass is 220 g/mol. The Labute approximate surface area is 91.1 Å². The van der Waals surface area contributed by atoms with Gasteiger partial charge < -0.3 is 5.73 Å². The standard InChI is InChI=1S/C10H12N4O2/c1-3-6-12-13-10-8(9(11)16)5(2)4-7(15)14(6)10/h4,13H,3H2,1-2H3,(H2,11,16). The van der Waals surface area contributed by atoms with Gasteiger partial charge in [0.2, 0.25) is 0 Å². The Balaban J connectivity index is 2.98. The van der Waals surface area contributed by atoms with Crippen molar-refractivity contribution < 1.29 is 4.79 Å². The van der Waals surface area contributed by atoms with Gasteiger partial charge in [-0.15, -0.1) is 0 Å². The molecule has 0 atom stereocenters. The Morgan fingerprint density at radius 3 is 2.88 bits per heavy atom. The summed E-state index contributed by atoms with van der Waals surface area (Å²) >= 11 is 0. The van der Waals surface area contributed by atoms with Crippen LogP contribution in [0.2, 0.25) is 0 Å². The van der Waals surface area contributed by atoms with E-state index in [0.717, 1.165) is 0 Å². The molecule has 0 saturated heterocycles. The van der Waals surface area contributed by atoms with Gasteiger partial charge >= 0.3 is 0 Å². The van der Waals surface area contributed by atoms with Crippen LogP contribution in [-0.4, -0.2) is 20.5 Å². The van der Waals surface area contributed by atoms with Gasteiger partial charge in [-0.1, -0.05) is 6.92 Å². The number of hydrogen-bond donors (Lipinski definition) is 2. The number of nitrogens with two attached hydrogens (primary N) is 1. The number of aromatic amines is 1. The lowest BCUT2D eigenvalue weighted by Crippen LogP contribution is -2.21. The molecule has 16 heavy (non-hydrogen) atoms. The molecule has 84 valence electrons. The van der Waals surface area contributed by atoms with Crippen molar-refractivity contribution in [1.29, 1.82) is 0 Å². The van der Waals surface area contributed by atoms with Gasteiger partial charge in [-0.25, -0.2) is 4.40 Å². The fraction of sp³-hybridized carbons (Fsp3) is 0.300. The fourth-order valence-electron chi connectivity index (χ4n) is 1.81. The molecule has 6 heteroatoms. The Kier molecular flexibility index (Phi) is 2.26. The molecule has 3 N–H and O–H groups in total. The van der Waals surface area contributed by atoms with Gasteiger partial charge in [0.15, 0.2) is 0 Å². The average molecular weight is 220 g/mol. The number of nitrogens with zero attached hydrogens (tertiary/aromatic N) is 2. The molecule has 0 aliphatic rings. The van der Waals surface area contributed by atoms with E-state index in [1.54, 1.807) is 6.92 Å². The first-order valence-corrected chi connectivity index (χ1v) is 4.95. The summed E-state index contributed by atoms with van der Waals surface area (Å²) in [6.45, 7) is 3.56. The maximum absolute atomic E-state index is 11.8. The number of primary amides is 1. The van der Waals surface area contributed by atoms with Crippen LogP contribution in [0.4, 0.5) is 0 Å². The Bertz CT molecular complexity index is 624. The second-order valence-corrected chi connectivity index (χ2v) is 3.58. The molecule has 0 bridgehead atoms. The molecule has 2 heterocycles. The van der Waals surface area contributed by atoms with E-state index in [1.165, 1.54) is 10.5 Å². The molecule has 0 spiro atoms. The maximum atomic E-state index is 11.8. The van der Waals surface area contributed by atoms with Crippen LogP contribution in [0.15, 0.2) is 10.9 Å². The van der Waals surface area contributed by atoms with Gasteiger partial charge in [0, 0.05) is 12.5 Å². The predicted molar refractivity (Wildman–Crippen MR) is 58.4 cm³/mol. The highest BCUT2D eigenvalue weighted by Crippen LogP contribution is 2.11.